The van der Waals surface area contributed by atoms with Gasteiger partial charge in [-0.05, 0) is 55.7 Å². The highest BCUT2D eigenvalue weighted by Gasteiger charge is 2.26. The van der Waals surface area contributed by atoms with Gasteiger partial charge in [0.15, 0.2) is 5.16 Å². The van der Waals surface area contributed by atoms with Gasteiger partial charge in [-0.15, -0.1) is 11.3 Å². The molecule has 3 aromatic rings. The molecule has 178 valence electrons. The van der Waals surface area contributed by atoms with Gasteiger partial charge >= 0.3 is 0 Å². The summed E-state index contributed by atoms with van der Waals surface area (Å²) in [6, 6.07) is 9.73. The summed E-state index contributed by atoms with van der Waals surface area (Å²) in [6.07, 6.45) is 4.98. The number of likely N-dealkylation sites (N-methyl/N-ethyl adjacent to an activating group) is 1. The number of thiophene rings is 1. The van der Waals surface area contributed by atoms with Crippen molar-refractivity contribution in [2.75, 3.05) is 19.3 Å². The van der Waals surface area contributed by atoms with Gasteiger partial charge in [-0.2, -0.15) is 0 Å². The van der Waals surface area contributed by atoms with Crippen molar-refractivity contribution in [3.05, 3.63) is 51.1 Å². The molecule has 2 aromatic heterocycles. The van der Waals surface area contributed by atoms with Crippen molar-refractivity contribution in [2.24, 2.45) is 5.92 Å². The van der Waals surface area contributed by atoms with E-state index in [9.17, 15) is 14.4 Å². The molecule has 1 aromatic carbocycles. The van der Waals surface area contributed by atoms with Crippen LogP contribution in [0.4, 0.5) is 0 Å². The smallest absolute Gasteiger partial charge is 0.267 e. The molecule has 7 nitrogen and oxygen atoms in total. The number of thioether (sulfide) groups is 1. The lowest BCUT2D eigenvalue weighted by Gasteiger charge is -2.18. The first-order chi connectivity index (χ1) is 16.4. The van der Waals surface area contributed by atoms with E-state index >= 15 is 0 Å². The first kappa shape index (κ1) is 23.1. The van der Waals surface area contributed by atoms with Crippen LogP contribution >= 0.6 is 23.1 Å². The third-order valence-electron chi connectivity index (χ3n) is 6.39. The third kappa shape index (κ3) is 4.77. The number of hydrogen-bond acceptors (Lipinski definition) is 6. The average Bonchev–Trinajstić information content (AvgIpc) is 3.55. The van der Waals surface area contributed by atoms with Gasteiger partial charge in [0.2, 0.25) is 11.8 Å². The molecule has 2 amide bonds. The van der Waals surface area contributed by atoms with Crippen molar-refractivity contribution in [1.29, 1.82) is 0 Å². The molecule has 9 heteroatoms. The van der Waals surface area contributed by atoms with Crippen LogP contribution in [0, 0.1) is 5.92 Å². The summed E-state index contributed by atoms with van der Waals surface area (Å²) < 4.78 is 1.63. The first-order valence-corrected chi connectivity index (χ1v) is 13.5. The fraction of sp³-hybridized carbons (Fsp3) is 0.440. The van der Waals surface area contributed by atoms with Crippen LogP contribution in [0.15, 0.2) is 40.3 Å². The summed E-state index contributed by atoms with van der Waals surface area (Å²) in [6.45, 7) is 2.28. The second kappa shape index (κ2) is 9.54. The summed E-state index contributed by atoms with van der Waals surface area (Å²) in [5.74, 6) is 0.392. The number of rotatable bonds is 7. The van der Waals surface area contributed by atoms with Crippen LogP contribution in [-0.4, -0.2) is 51.7 Å². The van der Waals surface area contributed by atoms with Crippen molar-refractivity contribution >= 4 is 45.1 Å². The highest BCUT2D eigenvalue weighted by molar-refractivity contribution is 7.99. The van der Waals surface area contributed by atoms with Gasteiger partial charge in [-0.25, -0.2) is 4.98 Å². The average molecular weight is 497 g/mol. The summed E-state index contributed by atoms with van der Waals surface area (Å²) in [5, 5.41) is 4.12. The molecule has 0 saturated heterocycles. The van der Waals surface area contributed by atoms with Gasteiger partial charge in [0.05, 0.1) is 23.4 Å². The lowest BCUT2D eigenvalue weighted by atomic mass is 9.89. The Morgan fingerprint density at radius 2 is 2.00 bits per heavy atom. The molecule has 0 radical (unpaired) electrons. The third-order valence-corrected chi connectivity index (χ3v) is 8.46. The first-order valence-electron chi connectivity index (χ1n) is 11.7. The number of hydrogen-bond donors (Lipinski definition) is 1. The lowest BCUT2D eigenvalue weighted by molar-refractivity contribution is -0.132. The maximum absolute atomic E-state index is 13.8. The normalized spacial score (nSPS) is 17.4. The molecule has 2 aliphatic rings. The number of aryl methyl sites for hydroxylation is 1. The van der Waals surface area contributed by atoms with Gasteiger partial charge in [0.1, 0.15) is 4.83 Å². The van der Waals surface area contributed by atoms with Crippen LogP contribution in [0.25, 0.3) is 15.9 Å². The molecule has 5 rings (SSSR count). The summed E-state index contributed by atoms with van der Waals surface area (Å²) in [4.78, 5) is 46.9. The van der Waals surface area contributed by atoms with Crippen molar-refractivity contribution in [1.82, 2.24) is 19.8 Å². The van der Waals surface area contributed by atoms with Gasteiger partial charge < -0.3 is 10.2 Å². The Hall–Kier alpha value is -2.65. The SMILES string of the molecule is C[C@H]1CCc2c(sc3nc(SCC(=O)N(C)CC(=O)NC4CC4)n(-c4ccccc4)c(=O)c23)C1. The zero-order chi connectivity index (χ0) is 23.8. The Bertz CT molecular complexity index is 1300. The zero-order valence-electron chi connectivity index (χ0n) is 19.4. The zero-order valence-corrected chi connectivity index (χ0v) is 21.0. The highest BCUT2D eigenvalue weighted by Crippen LogP contribution is 2.37. The molecule has 1 atom stereocenters. The Kier molecular flexibility index (Phi) is 6.48. The fourth-order valence-corrected chi connectivity index (χ4v) is 6.69. The number of carbonyl (C=O) groups is 2. The number of amides is 2. The van der Waals surface area contributed by atoms with Crippen LogP contribution in [0.5, 0.6) is 0 Å². The van der Waals surface area contributed by atoms with E-state index in [0.717, 1.165) is 53.6 Å². The van der Waals surface area contributed by atoms with Crippen LogP contribution in [0.1, 0.15) is 36.6 Å². The number of fused-ring (bicyclic) bond motifs is 3. The molecule has 0 bridgehead atoms. The molecule has 0 unspecified atom stereocenters. The largest absolute Gasteiger partial charge is 0.352 e. The summed E-state index contributed by atoms with van der Waals surface area (Å²) in [5.41, 5.74) is 1.81. The minimum absolute atomic E-state index is 0.0314. The van der Waals surface area contributed by atoms with Crippen molar-refractivity contribution < 1.29 is 9.59 Å². The molecule has 0 aliphatic heterocycles. The van der Waals surface area contributed by atoms with Gasteiger partial charge in [-0.1, -0.05) is 36.9 Å². The standard InChI is InChI=1S/C25H28N4O3S2/c1-15-8-11-18-19(12-15)34-23-22(18)24(32)29(17-6-4-3-5-7-17)25(27-23)33-14-21(31)28(2)13-20(30)26-16-9-10-16/h3-7,15-16H,8-14H2,1-2H3,(H,26,30)/t15-/m0/s1. The molecular formula is C25H28N4O3S2. The molecule has 0 spiro atoms. The molecule has 1 N–H and O–H groups in total. The van der Waals surface area contributed by atoms with E-state index in [-0.39, 0.29) is 35.7 Å². The number of para-hydroxylation sites is 1. The number of carbonyl (C=O) groups excluding carboxylic acids is 2. The monoisotopic (exact) mass is 496 g/mol. The van der Waals surface area contributed by atoms with E-state index in [0.29, 0.717) is 11.1 Å². The lowest BCUT2D eigenvalue weighted by Crippen LogP contribution is -2.39. The van der Waals surface area contributed by atoms with E-state index in [2.05, 4.69) is 12.2 Å². The van der Waals surface area contributed by atoms with Gasteiger partial charge in [0.25, 0.3) is 5.56 Å². The van der Waals surface area contributed by atoms with Crippen LogP contribution in [0.3, 0.4) is 0 Å². The summed E-state index contributed by atoms with van der Waals surface area (Å²) >= 11 is 2.85. The van der Waals surface area contributed by atoms with Crippen molar-refractivity contribution in [3.63, 3.8) is 0 Å². The summed E-state index contributed by atoms with van der Waals surface area (Å²) in [7, 11) is 1.63. The minimum atomic E-state index is -0.177. The second-order valence-corrected chi connectivity index (χ2v) is 11.3. The fourth-order valence-electron chi connectivity index (χ4n) is 4.31. The number of nitrogens with zero attached hydrogens (tertiary/aromatic N) is 3. The molecule has 1 fully saturated rings. The minimum Gasteiger partial charge on any atom is -0.352 e. The van der Waals surface area contributed by atoms with Crippen LogP contribution < -0.4 is 10.9 Å². The van der Waals surface area contributed by atoms with Crippen LogP contribution in [-0.2, 0) is 22.4 Å². The highest BCUT2D eigenvalue weighted by atomic mass is 32.2. The molecule has 2 aliphatic carbocycles. The molecule has 2 heterocycles. The van der Waals surface area contributed by atoms with E-state index in [1.165, 1.54) is 21.5 Å². The van der Waals surface area contributed by atoms with E-state index in [1.54, 1.807) is 23.0 Å². The maximum Gasteiger partial charge on any atom is 0.267 e. The topological polar surface area (TPSA) is 84.3 Å². The Labute approximate surface area is 206 Å². The van der Waals surface area contributed by atoms with Gasteiger partial charge in [0, 0.05) is 18.0 Å². The van der Waals surface area contributed by atoms with Crippen molar-refractivity contribution in [2.45, 2.75) is 50.2 Å². The molecular weight excluding hydrogens is 468 g/mol. The second-order valence-electron chi connectivity index (χ2n) is 9.28. The Morgan fingerprint density at radius 3 is 2.74 bits per heavy atom. The predicted octanol–water partition coefficient (Wildman–Crippen LogP) is 3.40. The number of benzene rings is 1. The Balaban J connectivity index is 1.44. The predicted molar refractivity (Wildman–Crippen MR) is 136 cm³/mol. The molecule has 34 heavy (non-hydrogen) atoms. The number of nitrogens with one attached hydrogen (secondary N) is 1. The van der Waals surface area contributed by atoms with E-state index < -0.39 is 0 Å². The molecule has 1 saturated carbocycles. The maximum atomic E-state index is 13.8. The van der Waals surface area contributed by atoms with E-state index in [1.807, 2.05) is 30.3 Å². The van der Waals surface area contributed by atoms with Crippen molar-refractivity contribution in [3.8, 4) is 5.69 Å². The van der Waals surface area contributed by atoms with Crippen LogP contribution in [0.2, 0.25) is 0 Å². The quantitative estimate of drug-likeness (QED) is 0.400. The Morgan fingerprint density at radius 1 is 1.24 bits per heavy atom. The van der Waals surface area contributed by atoms with Gasteiger partial charge in [-0.3, -0.25) is 19.0 Å². The van der Waals surface area contributed by atoms with E-state index in [4.69, 9.17) is 4.98 Å². The number of aromatic nitrogens is 2.